The maximum atomic E-state index is 12.0. The molecule has 0 bridgehead atoms. The number of carbonyl (C=O) groups is 1. The summed E-state index contributed by atoms with van der Waals surface area (Å²) in [4.78, 5) is 18.6. The van der Waals surface area contributed by atoms with E-state index in [1.807, 2.05) is 5.38 Å². The molecule has 24 heavy (non-hydrogen) atoms. The van der Waals surface area contributed by atoms with Crippen molar-refractivity contribution in [3.8, 4) is 5.75 Å². The Hall–Kier alpha value is -1.50. The summed E-state index contributed by atoms with van der Waals surface area (Å²) in [5, 5.41) is 6.81. The third-order valence-corrected chi connectivity index (χ3v) is 5.17. The number of nitrogens with zero attached hydrogens (tertiary/aromatic N) is 2. The first-order chi connectivity index (χ1) is 11.6. The molecule has 0 aliphatic carbocycles. The van der Waals surface area contributed by atoms with Crippen LogP contribution in [0.4, 0.5) is 5.13 Å². The summed E-state index contributed by atoms with van der Waals surface area (Å²) < 4.78 is 5.44. The number of hydrogen-bond acceptors (Lipinski definition) is 5. The molecule has 0 spiro atoms. The highest BCUT2D eigenvalue weighted by molar-refractivity contribution is 7.13. The van der Waals surface area contributed by atoms with Gasteiger partial charge in [0.1, 0.15) is 5.75 Å². The molecule has 1 aliphatic heterocycles. The summed E-state index contributed by atoms with van der Waals surface area (Å²) in [7, 11) is 0. The predicted octanol–water partition coefficient (Wildman–Crippen LogP) is 3.61. The number of anilines is 1. The van der Waals surface area contributed by atoms with E-state index in [0.29, 0.717) is 22.3 Å². The van der Waals surface area contributed by atoms with Crippen molar-refractivity contribution in [3.05, 3.63) is 39.8 Å². The van der Waals surface area contributed by atoms with Gasteiger partial charge in [0.2, 0.25) is 0 Å². The fourth-order valence-corrected chi connectivity index (χ4v) is 3.88. The van der Waals surface area contributed by atoms with Crippen LogP contribution in [0.25, 0.3) is 0 Å². The van der Waals surface area contributed by atoms with Gasteiger partial charge in [-0.1, -0.05) is 23.2 Å². The summed E-state index contributed by atoms with van der Waals surface area (Å²) in [6.07, 6.45) is 3.96. The summed E-state index contributed by atoms with van der Waals surface area (Å²) in [6.45, 7) is 1.48. The first-order valence-electron chi connectivity index (χ1n) is 7.64. The molecule has 1 N–H and O–H groups in total. The lowest BCUT2D eigenvalue weighted by Crippen LogP contribution is -2.41. The van der Waals surface area contributed by atoms with Gasteiger partial charge in [-0.3, -0.25) is 4.79 Å². The lowest BCUT2D eigenvalue weighted by molar-refractivity contribution is -0.123. The Kier molecular flexibility index (Phi) is 5.81. The number of aromatic nitrogens is 1. The van der Waals surface area contributed by atoms with Gasteiger partial charge in [-0.05, 0) is 31.0 Å². The van der Waals surface area contributed by atoms with Crippen LogP contribution in [-0.4, -0.2) is 36.6 Å². The molecule has 0 saturated carbocycles. The quantitative estimate of drug-likeness (QED) is 0.824. The molecule has 128 valence electrons. The van der Waals surface area contributed by atoms with Crippen molar-refractivity contribution >= 4 is 45.6 Å². The zero-order chi connectivity index (χ0) is 16.9. The summed E-state index contributed by atoms with van der Waals surface area (Å²) in [5.74, 6) is 0.272. The minimum absolute atomic E-state index is 0.0781. The average Bonchev–Trinajstić information content (AvgIpc) is 3.23. The van der Waals surface area contributed by atoms with Crippen molar-refractivity contribution in [3.63, 3.8) is 0 Å². The second-order valence-corrected chi connectivity index (χ2v) is 7.19. The summed E-state index contributed by atoms with van der Waals surface area (Å²) >= 11 is 13.5. The van der Waals surface area contributed by atoms with Crippen molar-refractivity contribution in [2.45, 2.75) is 18.9 Å². The Balaban J connectivity index is 1.47. The van der Waals surface area contributed by atoms with Gasteiger partial charge in [0, 0.05) is 35.7 Å². The first-order valence-corrected chi connectivity index (χ1v) is 9.28. The van der Waals surface area contributed by atoms with E-state index in [9.17, 15) is 4.79 Å². The third kappa shape index (κ3) is 4.32. The number of thiazole rings is 1. The van der Waals surface area contributed by atoms with Crippen LogP contribution in [0.2, 0.25) is 10.0 Å². The highest BCUT2D eigenvalue weighted by atomic mass is 35.5. The lowest BCUT2D eigenvalue weighted by atomic mass is 10.2. The van der Waals surface area contributed by atoms with Crippen molar-refractivity contribution < 1.29 is 9.53 Å². The van der Waals surface area contributed by atoms with E-state index in [0.717, 1.165) is 24.5 Å². The van der Waals surface area contributed by atoms with E-state index < -0.39 is 0 Å². The molecule has 1 fully saturated rings. The number of benzene rings is 1. The zero-order valence-corrected chi connectivity index (χ0v) is 15.2. The fraction of sp³-hybridized carbons (Fsp3) is 0.375. The SMILES string of the molecule is O=C(COc1ccc(Cl)cc1Cl)NCC1CCCN1c1nccs1. The van der Waals surface area contributed by atoms with Gasteiger partial charge < -0.3 is 15.0 Å². The number of carbonyl (C=O) groups excluding carboxylic acids is 1. The van der Waals surface area contributed by atoms with Crippen LogP contribution in [0.1, 0.15) is 12.8 Å². The van der Waals surface area contributed by atoms with Gasteiger partial charge in [0.25, 0.3) is 5.91 Å². The first kappa shape index (κ1) is 17.3. The normalized spacial score (nSPS) is 17.1. The Morgan fingerprint density at radius 3 is 3.08 bits per heavy atom. The molecule has 8 heteroatoms. The number of ether oxygens (including phenoxy) is 1. The van der Waals surface area contributed by atoms with Crippen LogP contribution < -0.4 is 15.0 Å². The molecule has 1 atom stereocenters. The van der Waals surface area contributed by atoms with Gasteiger partial charge in [0.05, 0.1) is 5.02 Å². The van der Waals surface area contributed by atoms with Gasteiger partial charge >= 0.3 is 0 Å². The fourth-order valence-electron chi connectivity index (χ4n) is 2.68. The van der Waals surface area contributed by atoms with E-state index in [4.69, 9.17) is 27.9 Å². The molecule has 1 unspecified atom stereocenters. The van der Waals surface area contributed by atoms with Gasteiger partial charge in [0.15, 0.2) is 11.7 Å². The second kappa shape index (κ2) is 8.05. The molecule has 1 aliphatic rings. The van der Waals surface area contributed by atoms with Crippen molar-refractivity contribution in [2.75, 3.05) is 24.6 Å². The molecule has 1 aromatic heterocycles. The maximum Gasteiger partial charge on any atom is 0.258 e. The van der Waals surface area contributed by atoms with Crippen LogP contribution in [-0.2, 0) is 4.79 Å². The number of rotatable bonds is 6. The van der Waals surface area contributed by atoms with Crippen molar-refractivity contribution in [2.24, 2.45) is 0 Å². The smallest absolute Gasteiger partial charge is 0.258 e. The molecule has 2 aromatic rings. The molecule has 0 radical (unpaired) electrons. The molecule has 1 saturated heterocycles. The highest BCUT2D eigenvalue weighted by Gasteiger charge is 2.26. The van der Waals surface area contributed by atoms with Gasteiger partial charge in [-0.25, -0.2) is 4.98 Å². The lowest BCUT2D eigenvalue weighted by Gasteiger charge is -2.24. The molecular weight excluding hydrogens is 369 g/mol. The van der Waals surface area contributed by atoms with E-state index in [1.54, 1.807) is 35.7 Å². The van der Waals surface area contributed by atoms with Gasteiger partial charge in [-0.15, -0.1) is 11.3 Å². The zero-order valence-electron chi connectivity index (χ0n) is 12.9. The second-order valence-electron chi connectivity index (χ2n) is 5.47. The molecule has 3 rings (SSSR count). The molecule has 1 amide bonds. The number of nitrogens with one attached hydrogen (secondary N) is 1. The van der Waals surface area contributed by atoms with E-state index in [1.165, 1.54) is 0 Å². The van der Waals surface area contributed by atoms with Gasteiger partial charge in [-0.2, -0.15) is 0 Å². The van der Waals surface area contributed by atoms with E-state index in [2.05, 4.69) is 15.2 Å². The Morgan fingerprint density at radius 2 is 2.33 bits per heavy atom. The Morgan fingerprint density at radius 1 is 1.46 bits per heavy atom. The predicted molar refractivity (Wildman–Crippen MR) is 97.4 cm³/mol. The minimum atomic E-state index is -0.174. The molecule has 5 nitrogen and oxygen atoms in total. The van der Waals surface area contributed by atoms with Crippen LogP contribution in [0.15, 0.2) is 29.8 Å². The topological polar surface area (TPSA) is 54.5 Å². The molecule has 2 heterocycles. The molecular formula is C16H17Cl2N3O2S. The monoisotopic (exact) mass is 385 g/mol. The number of halogens is 2. The highest BCUT2D eigenvalue weighted by Crippen LogP contribution is 2.28. The summed E-state index contributed by atoms with van der Waals surface area (Å²) in [5.41, 5.74) is 0. The largest absolute Gasteiger partial charge is 0.482 e. The van der Waals surface area contributed by atoms with Crippen LogP contribution in [0, 0.1) is 0 Å². The van der Waals surface area contributed by atoms with Crippen molar-refractivity contribution in [1.29, 1.82) is 0 Å². The van der Waals surface area contributed by atoms with Crippen molar-refractivity contribution in [1.82, 2.24) is 10.3 Å². The van der Waals surface area contributed by atoms with E-state index >= 15 is 0 Å². The Labute approximate surface area is 154 Å². The standard InChI is InChI=1S/C16H17Cl2N3O2S/c17-11-3-4-14(13(18)8-11)23-10-15(22)20-9-12-2-1-6-21(12)16-19-5-7-24-16/h3-5,7-8,12H,1-2,6,9-10H2,(H,20,22). The Bertz CT molecular complexity index is 697. The average molecular weight is 386 g/mol. The van der Waals surface area contributed by atoms with Crippen LogP contribution >= 0.6 is 34.5 Å². The maximum absolute atomic E-state index is 12.0. The van der Waals surface area contributed by atoms with E-state index in [-0.39, 0.29) is 18.6 Å². The van der Waals surface area contributed by atoms with Crippen LogP contribution in [0.5, 0.6) is 5.75 Å². The number of amides is 1. The third-order valence-electron chi connectivity index (χ3n) is 3.83. The number of hydrogen-bond donors (Lipinski definition) is 1. The molecule has 1 aromatic carbocycles. The summed E-state index contributed by atoms with van der Waals surface area (Å²) in [6, 6.07) is 5.18. The van der Waals surface area contributed by atoms with Crippen LogP contribution in [0.3, 0.4) is 0 Å². The minimum Gasteiger partial charge on any atom is -0.482 e.